The molecule has 0 aliphatic heterocycles. The zero-order valence-electron chi connectivity index (χ0n) is 10.8. The maximum atomic E-state index is 5.72. The van der Waals surface area contributed by atoms with Crippen LogP contribution in [0.5, 0.6) is 0 Å². The van der Waals surface area contributed by atoms with Crippen LogP contribution in [0.25, 0.3) is 10.9 Å². The second-order valence-electron chi connectivity index (χ2n) is 4.71. The summed E-state index contributed by atoms with van der Waals surface area (Å²) in [6, 6.07) is 8.72. The molecule has 1 unspecified atom stereocenters. The van der Waals surface area contributed by atoms with Crippen molar-refractivity contribution in [3.05, 3.63) is 41.1 Å². The van der Waals surface area contributed by atoms with E-state index in [-0.39, 0.29) is 0 Å². The predicted octanol–water partition coefficient (Wildman–Crippen LogP) is 3.17. The van der Waals surface area contributed by atoms with Gasteiger partial charge in [-0.3, -0.25) is 4.98 Å². The first-order valence-electron chi connectivity index (χ1n) is 6.26. The number of aryl methyl sites for hydroxylation is 2. The van der Waals surface area contributed by atoms with Crippen molar-refractivity contribution in [1.29, 1.82) is 0 Å². The van der Waals surface area contributed by atoms with E-state index in [2.05, 4.69) is 45.0 Å². The Morgan fingerprint density at radius 1 is 1.29 bits per heavy atom. The first-order valence-corrected chi connectivity index (χ1v) is 6.26. The molecule has 2 aromatic rings. The van der Waals surface area contributed by atoms with E-state index < -0.39 is 0 Å². The summed E-state index contributed by atoms with van der Waals surface area (Å²) < 4.78 is 0. The number of aromatic nitrogens is 1. The Hall–Kier alpha value is -1.41. The molecule has 0 aliphatic carbocycles. The summed E-state index contributed by atoms with van der Waals surface area (Å²) in [5.74, 6) is 0.324. The van der Waals surface area contributed by atoms with Gasteiger partial charge >= 0.3 is 0 Å². The number of fused-ring (bicyclic) bond motifs is 1. The average molecular weight is 228 g/mol. The zero-order chi connectivity index (χ0) is 12.4. The lowest BCUT2D eigenvalue weighted by Crippen LogP contribution is -2.12. The molecule has 1 heterocycles. The van der Waals surface area contributed by atoms with E-state index >= 15 is 0 Å². The van der Waals surface area contributed by atoms with Gasteiger partial charge in [0.15, 0.2) is 0 Å². The average Bonchev–Trinajstić information content (AvgIpc) is 2.36. The number of rotatable bonds is 3. The Bertz CT molecular complexity index is 532. The molecule has 1 aromatic heterocycles. The van der Waals surface area contributed by atoms with Crippen LogP contribution in [0.3, 0.4) is 0 Å². The molecule has 0 saturated carbocycles. The Balaban J connectivity index is 2.58. The van der Waals surface area contributed by atoms with Gasteiger partial charge in [-0.2, -0.15) is 0 Å². The first kappa shape index (κ1) is 12.1. The van der Waals surface area contributed by atoms with Crippen molar-refractivity contribution in [1.82, 2.24) is 4.98 Å². The van der Waals surface area contributed by atoms with Crippen LogP contribution < -0.4 is 5.73 Å². The monoisotopic (exact) mass is 228 g/mol. The molecular weight excluding hydrogens is 208 g/mol. The van der Waals surface area contributed by atoms with E-state index in [9.17, 15) is 0 Å². The Morgan fingerprint density at radius 2 is 2.06 bits per heavy atom. The topological polar surface area (TPSA) is 38.9 Å². The van der Waals surface area contributed by atoms with Gasteiger partial charge in [-0.15, -0.1) is 0 Å². The second-order valence-corrected chi connectivity index (χ2v) is 4.71. The SMILES string of the molecule is CCc1ccc2nc(C(C)CN)c(C)cc2c1. The molecule has 0 spiro atoms. The number of nitrogens with two attached hydrogens (primary N) is 1. The van der Waals surface area contributed by atoms with Gasteiger partial charge in [-0.1, -0.05) is 19.9 Å². The standard InChI is InChI=1S/C15H20N2/c1-4-12-5-6-14-13(8-12)7-10(2)15(17-14)11(3)9-16/h5-8,11H,4,9,16H2,1-3H3. The fourth-order valence-electron chi connectivity index (χ4n) is 2.18. The minimum Gasteiger partial charge on any atom is -0.330 e. The number of benzene rings is 1. The summed E-state index contributed by atoms with van der Waals surface area (Å²) >= 11 is 0. The summed E-state index contributed by atoms with van der Waals surface area (Å²) in [5, 5.41) is 1.23. The van der Waals surface area contributed by atoms with Gasteiger partial charge in [0.2, 0.25) is 0 Å². The van der Waals surface area contributed by atoms with Gasteiger partial charge in [-0.25, -0.2) is 0 Å². The van der Waals surface area contributed by atoms with Crippen molar-refractivity contribution in [3.8, 4) is 0 Å². The lowest BCUT2D eigenvalue weighted by Gasteiger charge is -2.13. The van der Waals surface area contributed by atoms with Crippen LogP contribution >= 0.6 is 0 Å². The van der Waals surface area contributed by atoms with Crippen LogP contribution in [0.2, 0.25) is 0 Å². The predicted molar refractivity (Wildman–Crippen MR) is 73.3 cm³/mol. The highest BCUT2D eigenvalue weighted by atomic mass is 14.7. The molecule has 90 valence electrons. The summed E-state index contributed by atoms with van der Waals surface area (Å²) in [5.41, 5.74) is 10.5. The van der Waals surface area contributed by atoms with Crippen LogP contribution in [0.15, 0.2) is 24.3 Å². The van der Waals surface area contributed by atoms with Gasteiger partial charge in [0, 0.05) is 23.5 Å². The number of nitrogens with zero attached hydrogens (tertiary/aromatic N) is 1. The van der Waals surface area contributed by atoms with Gasteiger partial charge in [0.1, 0.15) is 0 Å². The molecule has 2 heteroatoms. The zero-order valence-corrected chi connectivity index (χ0v) is 10.8. The van der Waals surface area contributed by atoms with E-state index in [1.165, 1.54) is 16.5 Å². The van der Waals surface area contributed by atoms with Crippen molar-refractivity contribution in [2.45, 2.75) is 33.1 Å². The highest BCUT2D eigenvalue weighted by Crippen LogP contribution is 2.22. The molecule has 0 bridgehead atoms. The van der Waals surface area contributed by atoms with Crippen molar-refractivity contribution in [3.63, 3.8) is 0 Å². The van der Waals surface area contributed by atoms with Crippen LogP contribution in [-0.2, 0) is 6.42 Å². The van der Waals surface area contributed by atoms with Crippen molar-refractivity contribution < 1.29 is 0 Å². The largest absolute Gasteiger partial charge is 0.330 e. The lowest BCUT2D eigenvalue weighted by atomic mass is 10.00. The third kappa shape index (κ3) is 2.32. The minimum absolute atomic E-state index is 0.324. The normalized spacial score (nSPS) is 12.9. The fraction of sp³-hybridized carbons (Fsp3) is 0.400. The molecule has 2 nitrogen and oxygen atoms in total. The van der Waals surface area contributed by atoms with Crippen LogP contribution in [0.1, 0.15) is 36.6 Å². The molecule has 1 aromatic carbocycles. The Labute approximate surface area is 103 Å². The second kappa shape index (κ2) is 4.84. The van der Waals surface area contributed by atoms with E-state index in [1.807, 2.05) is 0 Å². The molecule has 17 heavy (non-hydrogen) atoms. The maximum absolute atomic E-state index is 5.72. The van der Waals surface area contributed by atoms with Crippen molar-refractivity contribution in [2.24, 2.45) is 5.73 Å². The van der Waals surface area contributed by atoms with E-state index in [0.717, 1.165) is 17.6 Å². The Morgan fingerprint density at radius 3 is 2.71 bits per heavy atom. The molecule has 0 fully saturated rings. The number of hydrogen-bond acceptors (Lipinski definition) is 2. The quantitative estimate of drug-likeness (QED) is 0.876. The van der Waals surface area contributed by atoms with E-state index in [0.29, 0.717) is 12.5 Å². The Kier molecular flexibility index (Phi) is 3.43. The van der Waals surface area contributed by atoms with Crippen LogP contribution in [0, 0.1) is 6.92 Å². The van der Waals surface area contributed by atoms with E-state index in [1.54, 1.807) is 0 Å². The van der Waals surface area contributed by atoms with Crippen molar-refractivity contribution in [2.75, 3.05) is 6.54 Å². The maximum Gasteiger partial charge on any atom is 0.0705 e. The summed E-state index contributed by atoms with van der Waals surface area (Å²) in [4.78, 5) is 4.74. The van der Waals surface area contributed by atoms with Gasteiger partial charge in [0.05, 0.1) is 5.52 Å². The lowest BCUT2D eigenvalue weighted by molar-refractivity contribution is 0.742. The highest BCUT2D eigenvalue weighted by molar-refractivity contribution is 5.80. The smallest absolute Gasteiger partial charge is 0.0705 e. The molecule has 0 saturated heterocycles. The molecular formula is C15H20N2. The molecule has 1 atom stereocenters. The highest BCUT2D eigenvalue weighted by Gasteiger charge is 2.10. The summed E-state index contributed by atoms with van der Waals surface area (Å²) in [6.45, 7) is 7.06. The molecule has 0 aliphatic rings. The molecule has 0 radical (unpaired) electrons. The third-order valence-electron chi connectivity index (χ3n) is 3.34. The minimum atomic E-state index is 0.324. The summed E-state index contributed by atoms with van der Waals surface area (Å²) in [6.07, 6.45) is 1.07. The van der Waals surface area contributed by atoms with Gasteiger partial charge < -0.3 is 5.73 Å². The van der Waals surface area contributed by atoms with E-state index in [4.69, 9.17) is 10.7 Å². The number of pyridine rings is 1. The first-order chi connectivity index (χ1) is 8.15. The molecule has 2 N–H and O–H groups in total. The van der Waals surface area contributed by atoms with Gasteiger partial charge in [0.25, 0.3) is 0 Å². The van der Waals surface area contributed by atoms with Gasteiger partial charge in [-0.05, 0) is 42.7 Å². The van der Waals surface area contributed by atoms with Crippen LogP contribution in [0.4, 0.5) is 0 Å². The van der Waals surface area contributed by atoms with Crippen LogP contribution in [-0.4, -0.2) is 11.5 Å². The third-order valence-corrected chi connectivity index (χ3v) is 3.34. The van der Waals surface area contributed by atoms with Crippen molar-refractivity contribution >= 4 is 10.9 Å². The molecule has 2 rings (SSSR count). The summed E-state index contributed by atoms with van der Waals surface area (Å²) in [7, 11) is 0. The fourth-order valence-corrected chi connectivity index (χ4v) is 2.18. The number of hydrogen-bond donors (Lipinski definition) is 1. The molecule has 0 amide bonds.